The summed E-state index contributed by atoms with van der Waals surface area (Å²) in [5.41, 5.74) is 8.94. The molecule has 0 heterocycles. The normalized spacial score (nSPS) is 11.2. The molecule has 0 bridgehead atoms. The maximum Gasteiger partial charge on any atom is 0.332 e. The predicted octanol–water partition coefficient (Wildman–Crippen LogP) is 2.08. The second-order valence-corrected chi connectivity index (χ2v) is 3.57. The molecule has 5 heteroatoms. The molecule has 0 saturated heterocycles. The van der Waals surface area contributed by atoms with E-state index in [-0.39, 0.29) is 0 Å². The fraction of sp³-hybridized carbons (Fsp3) is 0.273. The number of rotatable bonds is 5. The first-order valence-corrected chi connectivity index (χ1v) is 5.51. The molecule has 0 spiro atoms. The number of alkyl halides is 1. The number of urea groups is 1. The number of halogens is 1. The fourth-order valence-corrected chi connectivity index (χ4v) is 1.39. The number of carbonyl (C=O) groups excluding carboxylic acids is 1. The lowest BCUT2D eigenvalue weighted by molar-refractivity contribution is 0.249. The van der Waals surface area contributed by atoms with Crippen LogP contribution >= 0.6 is 11.6 Å². The third kappa shape index (κ3) is 4.31. The fourth-order valence-electron chi connectivity index (χ4n) is 1.25. The lowest BCUT2D eigenvalue weighted by Gasteiger charge is -2.05. The molecule has 0 unspecified atom stereocenters. The summed E-state index contributed by atoms with van der Waals surface area (Å²) in [5.74, 6) is 0.558. The molecule has 4 nitrogen and oxygen atoms in total. The van der Waals surface area contributed by atoms with Crippen LogP contribution in [-0.2, 0) is 0 Å². The van der Waals surface area contributed by atoms with Crippen molar-refractivity contribution in [3.8, 4) is 0 Å². The van der Waals surface area contributed by atoms with Gasteiger partial charge in [-0.25, -0.2) is 10.2 Å². The molecule has 1 aromatic rings. The van der Waals surface area contributed by atoms with Gasteiger partial charge in [-0.05, 0) is 18.4 Å². The highest BCUT2D eigenvalue weighted by Crippen LogP contribution is 2.06. The molecule has 0 saturated carbocycles. The summed E-state index contributed by atoms with van der Waals surface area (Å²) in [6.07, 6.45) is 1.50. The summed E-state index contributed by atoms with van der Waals surface area (Å²) in [5, 5.41) is 3.96. The molecular weight excluding hydrogens is 226 g/mol. The van der Waals surface area contributed by atoms with Crippen molar-refractivity contribution >= 4 is 23.3 Å². The summed E-state index contributed by atoms with van der Waals surface area (Å²) in [7, 11) is 0. The van der Waals surface area contributed by atoms with Gasteiger partial charge in [-0.3, -0.25) is 0 Å². The van der Waals surface area contributed by atoms with Gasteiger partial charge in [0.15, 0.2) is 0 Å². The van der Waals surface area contributed by atoms with E-state index < -0.39 is 6.03 Å². The molecular formula is C11H14ClN3O. The van der Waals surface area contributed by atoms with Crippen LogP contribution in [0, 0.1) is 0 Å². The molecule has 0 aliphatic rings. The van der Waals surface area contributed by atoms with E-state index in [9.17, 15) is 4.79 Å². The number of hydrogen-bond donors (Lipinski definition) is 2. The van der Waals surface area contributed by atoms with Crippen molar-refractivity contribution in [1.82, 2.24) is 5.43 Å². The van der Waals surface area contributed by atoms with E-state index in [1.807, 2.05) is 30.3 Å². The van der Waals surface area contributed by atoms with Crippen molar-refractivity contribution in [1.29, 1.82) is 0 Å². The van der Waals surface area contributed by atoms with E-state index in [2.05, 4.69) is 10.5 Å². The number of nitrogens with zero attached hydrogens (tertiary/aromatic N) is 1. The molecule has 1 aromatic carbocycles. The van der Waals surface area contributed by atoms with E-state index >= 15 is 0 Å². The Balaban J connectivity index is 2.78. The van der Waals surface area contributed by atoms with Crippen LogP contribution in [0.2, 0.25) is 0 Å². The molecule has 0 aliphatic heterocycles. The minimum atomic E-state index is -0.667. The van der Waals surface area contributed by atoms with E-state index in [1.54, 1.807) is 0 Å². The maximum absolute atomic E-state index is 10.6. The Morgan fingerprint density at radius 1 is 1.38 bits per heavy atom. The van der Waals surface area contributed by atoms with Crippen LogP contribution in [0.25, 0.3) is 0 Å². The number of carbonyl (C=O) groups is 1. The van der Waals surface area contributed by atoms with Crippen LogP contribution in [0.15, 0.2) is 35.4 Å². The summed E-state index contributed by atoms with van der Waals surface area (Å²) in [4.78, 5) is 10.6. The van der Waals surface area contributed by atoms with Gasteiger partial charge < -0.3 is 5.73 Å². The lowest BCUT2D eigenvalue weighted by Crippen LogP contribution is -2.26. The van der Waals surface area contributed by atoms with Crippen LogP contribution in [-0.4, -0.2) is 17.6 Å². The standard InChI is InChI=1S/C11H14ClN3O/c12-8-4-7-10(14-15-11(13)16)9-5-2-1-3-6-9/h1-3,5-6H,4,7-8H2,(H3,13,15,16). The molecule has 16 heavy (non-hydrogen) atoms. The van der Waals surface area contributed by atoms with Crippen LogP contribution < -0.4 is 11.2 Å². The van der Waals surface area contributed by atoms with Crippen LogP contribution in [0.4, 0.5) is 4.79 Å². The Bertz CT molecular complexity index is 365. The van der Waals surface area contributed by atoms with Crippen molar-refractivity contribution in [3.63, 3.8) is 0 Å². The van der Waals surface area contributed by atoms with E-state index in [0.717, 1.165) is 17.7 Å². The zero-order valence-electron chi connectivity index (χ0n) is 8.82. The van der Waals surface area contributed by atoms with Crippen molar-refractivity contribution < 1.29 is 4.79 Å². The first kappa shape index (κ1) is 12.5. The number of nitrogens with one attached hydrogen (secondary N) is 1. The Kier molecular flexibility index (Phi) is 5.36. The molecule has 0 fully saturated rings. The minimum absolute atomic E-state index is 0.558. The number of nitrogens with two attached hydrogens (primary N) is 1. The van der Waals surface area contributed by atoms with E-state index in [4.69, 9.17) is 17.3 Å². The van der Waals surface area contributed by atoms with Gasteiger partial charge in [0.25, 0.3) is 0 Å². The van der Waals surface area contributed by atoms with Crippen molar-refractivity contribution in [3.05, 3.63) is 35.9 Å². The van der Waals surface area contributed by atoms with Gasteiger partial charge in [0.1, 0.15) is 0 Å². The van der Waals surface area contributed by atoms with Crippen molar-refractivity contribution in [2.24, 2.45) is 10.8 Å². The first-order chi connectivity index (χ1) is 7.74. The topological polar surface area (TPSA) is 67.5 Å². The van der Waals surface area contributed by atoms with Gasteiger partial charge in [-0.2, -0.15) is 5.10 Å². The van der Waals surface area contributed by atoms with Gasteiger partial charge in [0, 0.05) is 5.88 Å². The Morgan fingerprint density at radius 2 is 2.06 bits per heavy atom. The lowest BCUT2D eigenvalue weighted by atomic mass is 10.1. The second kappa shape index (κ2) is 6.85. The quantitative estimate of drug-likeness (QED) is 0.461. The maximum atomic E-state index is 10.6. The smallest absolute Gasteiger partial charge is 0.332 e. The minimum Gasteiger partial charge on any atom is -0.350 e. The molecule has 3 N–H and O–H groups in total. The highest BCUT2D eigenvalue weighted by atomic mass is 35.5. The number of hydrogen-bond acceptors (Lipinski definition) is 2. The third-order valence-corrected chi connectivity index (χ3v) is 2.22. The average Bonchev–Trinajstić information content (AvgIpc) is 2.30. The van der Waals surface area contributed by atoms with Crippen molar-refractivity contribution in [2.75, 3.05) is 5.88 Å². The summed E-state index contributed by atoms with van der Waals surface area (Å²) in [6.45, 7) is 0. The Morgan fingerprint density at radius 3 is 2.62 bits per heavy atom. The molecule has 1 rings (SSSR count). The summed E-state index contributed by atoms with van der Waals surface area (Å²) >= 11 is 5.63. The van der Waals surface area contributed by atoms with Gasteiger partial charge in [0.2, 0.25) is 0 Å². The first-order valence-electron chi connectivity index (χ1n) is 4.97. The van der Waals surface area contributed by atoms with E-state index in [1.165, 1.54) is 0 Å². The van der Waals surface area contributed by atoms with Crippen LogP contribution in [0.1, 0.15) is 18.4 Å². The van der Waals surface area contributed by atoms with Crippen LogP contribution in [0.3, 0.4) is 0 Å². The van der Waals surface area contributed by atoms with Gasteiger partial charge in [-0.1, -0.05) is 30.3 Å². The number of primary amides is 1. The molecule has 0 atom stereocenters. The third-order valence-electron chi connectivity index (χ3n) is 1.96. The van der Waals surface area contributed by atoms with Crippen molar-refractivity contribution in [2.45, 2.75) is 12.8 Å². The largest absolute Gasteiger partial charge is 0.350 e. The average molecular weight is 240 g/mol. The molecule has 0 aliphatic carbocycles. The summed E-state index contributed by atoms with van der Waals surface area (Å²) in [6, 6.07) is 8.93. The molecule has 0 aromatic heterocycles. The number of amides is 2. The number of hydrazone groups is 1. The highest BCUT2D eigenvalue weighted by Gasteiger charge is 2.03. The Hall–Kier alpha value is -1.55. The number of benzene rings is 1. The molecule has 0 radical (unpaired) electrons. The zero-order valence-corrected chi connectivity index (χ0v) is 9.57. The van der Waals surface area contributed by atoms with E-state index in [0.29, 0.717) is 12.3 Å². The molecule has 86 valence electrons. The van der Waals surface area contributed by atoms with Gasteiger partial charge in [0.05, 0.1) is 5.71 Å². The predicted molar refractivity (Wildman–Crippen MR) is 65.7 cm³/mol. The SMILES string of the molecule is NC(=O)NN=C(CCCCl)c1ccccc1. The highest BCUT2D eigenvalue weighted by molar-refractivity contribution is 6.18. The monoisotopic (exact) mass is 239 g/mol. The van der Waals surface area contributed by atoms with Gasteiger partial charge >= 0.3 is 6.03 Å². The zero-order chi connectivity index (χ0) is 11.8. The molecule has 2 amide bonds. The van der Waals surface area contributed by atoms with Crippen LogP contribution in [0.5, 0.6) is 0 Å². The second-order valence-electron chi connectivity index (χ2n) is 3.19. The summed E-state index contributed by atoms with van der Waals surface area (Å²) < 4.78 is 0. The van der Waals surface area contributed by atoms with Gasteiger partial charge in [-0.15, -0.1) is 11.6 Å². The Labute approximate surface area is 99.5 Å².